The lowest BCUT2D eigenvalue weighted by molar-refractivity contribution is 0.425. The third kappa shape index (κ3) is 4.09. The predicted molar refractivity (Wildman–Crippen MR) is 62.3 cm³/mol. The summed E-state index contributed by atoms with van der Waals surface area (Å²) in [7, 11) is -2.97. The van der Waals surface area contributed by atoms with Gasteiger partial charge in [0.1, 0.15) is 0 Å². The largest absolute Gasteiger partial charge is 0.314 e. The van der Waals surface area contributed by atoms with E-state index >= 15 is 0 Å². The summed E-state index contributed by atoms with van der Waals surface area (Å²) < 4.78 is 24.1. The summed E-state index contributed by atoms with van der Waals surface area (Å²) in [6.45, 7) is 6.60. The molecule has 0 saturated carbocycles. The lowest BCUT2D eigenvalue weighted by Gasteiger charge is -2.16. The summed E-state index contributed by atoms with van der Waals surface area (Å²) in [4.78, 5) is 0. The molecule has 1 aliphatic heterocycles. The molecule has 2 unspecified atom stereocenters. The molecule has 0 bridgehead atoms. The number of rotatable bonds is 5. The van der Waals surface area contributed by atoms with Crippen molar-refractivity contribution in [1.29, 1.82) is 0 Å². The number of hydrogen-bond acceptors (Lipinski definition) is 3. The first kappa shape index (κ1) is 12.9. The van der Waals surface area contributed by atoms with Crippen LogP contribution in [0.15, 0.2) is 0 Å². The van der Waals surface area contributed by atoms with Crippen molar-refractivity contribution < 1.29 is 8.42 Å². The van der Waals surface area contributed by atoms with Crippen LogP contribution in [0.5, 0.6) is 0 Å². The van der Waals surface area contributed by atoms with Crippen molar-refractivity contribution in [2.24, 2.45) is 5.92 Å². The summed E-state index contributed by atoms with van der Waals surface area (Å²) in [5.41, 5.74) is 0. The Kier molecular flexibility index (Phi) is 4.55. The van der Waals surface area contributed by atoms with Crippen LogP contribution >= 0.6 is 0 Å². The predicted octanol–water partition coefficient (Wildman–Crippen LogP) is 0.656. The van der Waals surface area contributed by atoms with E-state index in [4.69, 9.17) is 0 Å². The summed E-state index contributed by atoms with van der Waals surface area (Å²) in [5, 5.41) is 3.42. The van der Waals surface area contributed by atoms with Gasteiger partial charge in [-0.3, -0.25) is 0 Å². The highest BCUT2D eigenvalue weighted by Crippen LogP contribution is 2.18. The highest BCUT2D eigenvalue weighted by molar-refractivity contribution is 7.88. The Balaban J connectivity index is 2.31. The van der Waals surface area contributed by atoms with Gasteiger partial charge in [0.2, 0.25) is 10.0 Å². The molecular formula is C10H22N2O2S. The molecule has 0 radical (unpaired) electrons. The van der Waals surface area contributed by atoms with Crippen molar-refractivity contribution in [3.05, 3.63) is 0 Å². The number of sulfonamides is 1. The van der Waals surface area contributed by atoms with Gasteiger partial charge in [-0.2, -0.15) is 0 Å². The molecule has 90 valence electrons. The molecule has 1 aliphatic rings. The van der Waals surface area contributed by atoms with Crippen LogP contribution in [-0.2, 0) is 10.0 Å². The van der Waals surface area contributed by atoms with Gasteiger partial charge in [-0.25, -0.2) is 12.7 Å². The van der Waals surface area contributed by atoms with E-state index in [1.54, 1.807) is 4.31 Å². The van der Waals surface area contributed by atoms with E-state index in [1.807, 2.05) is 0 Å². The zero-order chi connectivity index (χ0) is 11.5. The second-order valence-corrected chi connectivity index (χ2v) is 6.48. The van der Waals surface area contributed by atoms with Gasteiger partial charge in [-0.1, -0.05) is 6.92 Å². The SMILES string of the molecule is CCC(C)NCC1CCN(S(C)(=O)=O)C1. The van der Waals surface area contributed by atoms with E-state index < -0.39 is 10.0 Å². The highest BCUT2D eigenvalue weighted by atomic mass is 32.2. The molecule has 0 amide bonds. The van der Waals surface area contributed by atoms with E-state index in [0.29, 0.717) is 25.0 Å². The van der Waals surface area contributed by atoms with Gasteiger partial charge in [0, 0.05) is 19.1 Å². The van der Waals surface area contributed by atoms with Crippen molar-refractivity contribution in [3.63, 3.8) is 0 Å². The second kappa shape index (κ2) is 5.27. The van der Waals surface area contributed by atoms with E-state index in [0.717, 1.165) is 19.4 Å². The monoisotopic (exact) mass is 234 g/mol. The molecule has 0 aliphatic carbocycles. The van der Waals surface area contributed by atoms with Gasteiger partial charge in [-0.05, 0) is 32.2 Å². The maximum absolute atomic E-state index is 11.3. The molecule has 0 aromatic carbocycles. The van der Waals surface area contributed by atoms with Gasteiger partial charge >= 0.3 is 0 Å². The fourth-order valence-corrected chi connectivity index (χ4v) is 2.70. The zero-order valence-corrected chi connectivity index (χ0v) is 10.7. The smallest absolute Gasteiger partial charge is 0.211 e. The second-order valence-electron chi connectivity index (χ2n) is 4.49. The van der Waals surface area contributed by atoms with Gasteiger partial charge in [0.05, 0.1) is 6.26 Å². The molecule has 1 N–H and O–H groups in total. The maximum atomic E-state index is 11.3. The molecule has 0 aromatic rings. The highest BCUT2D eigenvalue weighted by Gasteiger charge is 2.28. The van der Waals surface area contributed by atoms with E-state index in [-0.39, 0.29) is 0 Å². The third-order valence-electron chi connectivity index (χ3n) is 3.08. The van der Waals surface area contributed by atoms with Crippen LogP contribution in [0.3, 0.4) is 0 Å². The minimum absolute atomic E-state index is 0.480. The summed E-state index contributed by atoms with van der Waals surface area (Å²) in [6, 6.07) is 0.525. The van der Waals surface area contributed by atoms with Crippen LogP contribution in [0.25, 0.3) is 0 Å². The first-order valence-corrected chi connectivity index (χ1v) is 7.46. The van der Waals surface area contributed by atoms with Crippen LogP contribution in [-0.4, -0.2) is 44.7 Å². The molecule has 5 heteroatoms. The van der Waals surface area contributed by atoms with E-state index in [9.17, 15) is 8.42 Å². The average molecular weight is 234 g/mol. The quantitative estimate of drug-likeness (QED) is 0.760. The van der Waals surface area contributed by atoms with Gasteiger partial charge in [0.15, 0.2) is 0 Å². The van der Waals surface area contributed by atoms with Crippen molar-refractivity contribution in [1.82, 2.24) is 9.62 Å². The molecular weight excluding hydrogens is 212 g/mol. The molecule has 1 heterocycles. The van der Waals surface area contributed by atoms with Crippen LogP contribution < -0.4 is 5.32 Å². The third-order valence-corrected chi connectivity index (χ3v) is 4.35. The standard InChI is InChI=1S/C10H22N2O2S/c1-4-9(2)11-7-10-5-6-12(8-10)15(3,13)14/h9-11H,4-8H2,1-3H3. The van der Waals surface area contributed by atoms with Gasteiger partial charge in [0.25, 0.3) is 0 Å². The zero-order valence-electron chi connectivity index (χ0n) is 9.86. The van der Waals surface area contributed by atoms with Crippen LogP contribution in [0.1, 0.15) is 26.7 Å². The lowest BCUT2D eigenvalue weighted by atomic mass is 10.1. The first-order chi connectivity index (χ1) is 6.93. The molecule has 1 saturated heterocycles. The number of nitrogens with one attached hydrogen (secondary N) is 1. The van der Waals surface area contributed by atoms with Crippen molar-refractivity contribution in [3.8, 4) is 0 Å². The Morgan fingerprint density at radius 3 is 2.67 bits per heavy atom. The molecule has 1 rings (SSSR count). The summed E-state index contributed by atoms with van der Waals surface area (Å²) in [5.74, 6) is 0.480. The molecule has 15 heavy (non-hydrogen) atoms. The van der Waals surface area contributed by atoms with E-state index in [1.165, 1.54) is 6.26 Å². The lowest BCUT2D eigenvalue weighted by Crippen LogP contribution is -2.33. The van der Waals surface area contributed by atoms with Crippen LogP contribution in [0.4, 0.5) is 0 Å². The van der Waals surface area contributed by atoms with Gasteiger partial charge in [-0.15, -0.1) is 0 Å². The summed E-state index contributed by atoms with van der Waals surface area (Å²) in [6.07, 6.45) is 3.39. The fraction of sp³-hybridized carbons (Fsp3) is 1.00. The first-order valence-electron chi connectivity index (χ1n) is 5.62. The van der Waals surface area contributed by atoms with Crippen molar-refractivity contribution in [2.75, 3.05) is 25.9 Å². The maximum Gasteiger partial charge on any atom is 0.211 e. The number of nitrogens with zero attached hydrogens (tertiary/aromatic N) is 1. The Morgan fingerprint density at radius 1 is 1.53 bits per heavy atom. The Hall–Kier alpha value is -0.130. The molecule has 0 aromatic heterocycles. The average Bonchev–Trinajstić information content (AvgIpc) is 2.61. The van der Waals surface area contributed by atoms with E-state index in [2.05, 4.69) is 19.2 Å². The van der Waals surface area contributed by atoms with Crippen LogP contribution in [0.2, 0.25) is 0 Å². The van der Waals surface area contributed by atoms with Crippen molar-refractivity contribution in [2.45, 2.75) is 32.7 Å². The molecule has 0 spiro atoms. The fourth-order valence-electron chi connectivity index (χ4n) is 1.78. The topological polar surface area (TPSA) is 49.4 Å². The summed E-state index contributed by atoms with van der Waals surface area (Å²) >= 11 is 0. The Morgan fingerprint density at radius 2 is 2.20 bits per heavy atom. The van der Waals surface area contributed by atoms with Gasteiger partial charge < -0.3 is 5.32 Å². The minimum Gasteiger partial charge on any atom is -0.314 e. The Bertz CT molecular complexity index is 290. The number of hydrogen-bond donors (Lipinski definition) is 1. The normalized spacial score (nSPS) is 25.7. The minimum atomic E-state index is -2.97. The molecule has 4 nitrogen and oxygen atoms in total. The van der Waals surface area contributed by atoms with Crippen LogP contribution in [0, 0.1) is 5.92 Å². The Labute approximate surface area is 93.1 Å². The van der Waals surface area contributed by atoms with Crippen molar-refractivity contribution >= 4 is 10.0 Å². The molecule has 2 atom stereocenters. The molecule has 1 fully saturated rings.